The van der Waals surface area contributed by atoms with Crippen LogP contribution in [0.1, 0.15) is 49.3 Å². The molecular weight excluding hydrogens is 360 g/mol. The van der Waals surface area contributed by atoms with Gasteiger partial charge in [0.15, 0.2) is 17.2 Å². The Bertz CT molecular complexity index is 1040. The van der Waals surface area contributed by atoms with E-state index in [1.807, 2.05) is 0 Å². The molecule has 1 atom stereocenters. The summed E-state index contributed by atoms with van der Waals surface area (Å²) < 4.78 is 15.7. The van der Waals surface area contributed by atoms with Gasteiger partial charge in [-0.15, -0.1) is 0 Å². The van der Waals surface area contributed by atoms with E-state index in [0.29, 0.717) is 5.56 Å². The van der Waals surface area contributed by atoms with Crippen LogP contribution in [0.5, 0.6) is 28.7 Å². The summed E-state index contributed by atoms with van der Waals surface area (Å²) >= 11 is 0. The van der Waals surface area contributed by atoms with Gasteiger partial charge in [-0.25, -0.2) is 9.59 Å². The highest BCUT2D eigenvalue weighted by Gasteiger charge is 2.41. The lowest BCUT2D eigenvalue weighted by atomic mass is 10.00. The summed E-state index contributed by atoms with van der Waals surface area (Å²) in [6, 6.07) is 1.28. The van der Waals surface area contributed by atoms with Gasteiger partial charge in [0.2, 0.25) is 12.0 Å². The summed E-state index contributed by atoms with van der Waals surface area (Å²) in [5, 5.41) is 40.1. The molecule has 2 heterocycles. The zero-order valence-electron chi connectivity index (χ0n) is 14.2. The van der Waals surface area contributed by atoms with Gasteiger partial charge in [0.1, 0.15) is 11.3 Å². The van der Waals surface area contributed by atoms with Crippen LogP contribution in [0, 0.1) is 13.8 Å². The van der Waals surface area contributed by atoms with Crippen LogP contribution < -0.4 is 9.47 Å². The molecule has 1 unspecified atom stereocenters. The van der Waals surface area contributed by atoms with E-state index >= 15 is 0 Å². The van der Waals surface area contributed by atoms with Crippen molar-refractivity contribution in [3.05, 3.63) is 39.4 Å². The predicted molar refractivity (Wildman–Crippen MR) is 87.0 cm³/mol. The highest BCUT2D eigenvalue weighted by atomic mass is 16.6. The lowest BCUT2D eigenvalue weighted by Crippen LogP contribution is -2.11. The first-order valence-electron chi connectivity index (χ1n) is 7.91. The Morgan fingerprint density at radius 2 is 1.70 bits per heavy atom. The summed E-state index contributed by atoms with van der Waals surface area (Å²) in [6.07, 6.45) is -1.71. The third kappa shape index (κ3) is 2.19. The molecule has 0 saturated carbocycles. The van der Waals surface area contributed by atoms with Crippen molar-refractivity contribution in [3.8, 4) is 28.7 Å². The minimum atomic E-state index is -1.71. The van der Waals surface area contributed by atoms with Crippen LogP contribution in [0.2, 0.25) is 0 Å². The Morgan fingerprint density at radius 1 is 1.00 bits per heavy atom. The zero-order chi connectivity index (χ0) is 19.6. The number of esters is 2. The molecule has 2 aliphatic heterocycles. The van der Waals surface area contributed by atoms with Crippen LogP contribution in [-0.4, -0.2) is 32.4 Å². The molecule has 0 saturated heterocycles. The zero-order valence-corrected chi connectivity index (χ0v) is 14.2. The maximum Gasteiger partial charge on any atom is 0.347 e. The Balaban J connectivity index is 2.05. The van der Waals surface area contributed by atoms with Crippen LogP contribution in [0.4, 0.5) is 0 Å². The van der Waals surface area contributed by atoms with Crippen molar-refractivity contribution in [2.75, 3.05) is 0 Å². The number of phenols is 2. The van der Waals surface area contributed by atoms with Crippen LogP contribution in [-0.2, 0) is 11.3 Å². The highest BCUT2D eigenvalue weighted by Crippen LogP contribution is 2.54. The Morgan fingerprint density at radius 3 is 2.37 bits per heavy atom. The molecule has 140 valence electrons. The van der Waals surface area contributed by atoms with Crippen molar-refractivity contribution in [2.45, 2.75) is 26.7 Å². The molecule has 4 N–H and O–H groups in total. The number of rotatable bonds is 1. The Hall–Kier alpha value is -3.30. The topological polar surface area (TPSA) is 143 Å². The number of aliphatic hydroxyl groups excluding tert-OH is 2. The Kier molecular flexibility index (Phi) is 3.55. The summed E-state index contributed by atoms with van der Waals surface area (Å²) in [4.78, 5) is 24.6. The maximum absolute atomic E-state index is 12.7. The van der Waals surface area contributed by atoms with E-state index in [1.165, 1.54) is 19.9 Å². The molecule has 27 heavy (non-hydrogen) atoms. The summed E-state index contributed by atoms with van der Waals surface area (Å²) in [5.41, 5.74) is -0.00301. The third-order valence-corrected chi connectivity index (χ3v) is 4.65. The molecule has 9 nitrogen and oxygen atoms in total. The number of ether oxygens (including phenoxy) is 3. The van der Waals surface area contributed by atoms with Gasteiger partial charge in [-0.3, -0.25) is 0 Å². The minimum Gasteiger partial charge on any atom is -0.507 e. The lowest BCUT2D eigenvalue weighted by Gasteiger charge is -2.16. The third-order valence-electron chi connectivity index (χ3n) is 4.65. The molecule has 0 spiro atoms. The predicted octanol–water partition coefficient (Wildman–Crippen LogP) is 1.69. The minimum absolute atomic E-state index is 0.0462. The molecule has 0 fully saturated rings. The summed E-state index contributed by atoms with van der Waals surface area (Å²) in [5.74, 6) is -3.43. The van der Waals surface area contributed by atoms with Gasteiger partial charge in [0, 0.05) is 5.56 Å². The van der Waals surface area contributed by atoms with E-state index in [2.05, 4.69) is 0 Å². The van der Waals surface area contributed by atoms with E-state index in [9.17, 15) is 30.0 Å². The molecule has 9 heteroatoms. The van der Waals surface area contributed by atoms with Gasteiger partial charge in [0.05, 0.1) is 23.3 Å². The van der Waals surface area contributed by atoms with Crippen LogP contribution in [0.15, 0.2) is 6.07 Å². The second-order valence-corrected chi connectivity index (χ2v) is 6.22. The molecule has 2 aromatic carbocycles. The van der Waals surface area contributed by atoms with E-state index < -0.39 is 30.6 Å². The molecule has 2 aliphatic rings. The highest BCUT2D eigenvalue weighted by molar-refractivity contribution is 6.01. The smallest absolute Gasteiger partial charge is 0.347 e. The molecule has 0 bridgehead atoms. The first-order chi connectivity index (χ1) is 12.8. The van der Waals surface area contributed by atoms with E-state index in [-0.39, 0.29) is 50.8 Å². The largest absolute Gasteiger partial charge is 0.507 e. The number of hydrogen-bond acceptors (Lipinski definition) is 9. The number of benzene rings is 2. The number of aromatic hydroxyl groups is 2. The number of phenolic OH excluding ortho intramolecular Hbond substituents is 1. The van der Waals surface area contributed by atoms with Crippen LogP contribution >= 0.6 is 0 Å². The van der Waals surface area contributed by atoms with Gasteiger partial charge in [-0.2, -0.15) is 0 Å². The molecule has 4 rings (SSSR count). The average Bonchev–Trinajstić information content (AvgIpc) is 2.79. The first kappa shape index (κ1) is 17.1. The SMILES string of the molecule is Cc1cc(O)c(CO)c2c1C(=O)Oc1c(C)c3c(c(O)c1O2)C(O)OC3=O. The number of cyclic esters (lactones) is 1. The number of aryl methyl sites for hydroxylation is 1. The molecule has 2 aromatic rings. The van der Waals surface area contributed by atoms with Crippen molar-refractivity contribution in [2.24, 2.45) is 0 Å². The van der Waals surface area contributed by atoms with Gasteiger partial charge in [-0.1, -0.05) is 0 Å². The van der Waals surface area contributed by atoms with Crippen molar-refractivity contribution >= 4 is 11.9 Å². The van der Waals surface area contributed by atoms with Gasteiger partial charge < -0.3 is 34.6 Å². The molecule has 0 aliphatic carbocycles. The number of carbonyl (C=O) groups excluding carboxylic acids is 2. The van der Waals surface area contributed by atoms with Crippen LogP contribution in [0.3, 0.4) is 0 Å². The fourth-order valence-electron chi connectivity index (χ4n) is 3.35. The number of aliphatic hydroxyl groups is 2. The average molecular weight is 374 g/mol. The Labute approximate surface area is 152 Å². The van der Waals surface area contributed by atoms with E-state index in [4.69, 9.17) is 14.2 Å². The number of hydrogen-bond donors (Lipinski definition) is 4. The van der Waals surface area contributed by atoms with Crippen molar-refractivity contribution in [1.82, 2.24) is 0 Å². The second-order valence-electron chi connectivity index (χ2n) is 6.22. The fourth-order valence-corrected chi connectivity index (χ4v) is 3.35. The molecule has 0 radical (unpaired) electrons. The van der Waals surface area contributed by atoms with Crippen molar-refractivity contribution in [1.29, 1.82) is 0 Å². The van der Waals surface area contributed by atoms with Crippen molar-refractivity contribution < 1.29 is 44.2 Å². The quantitative estimate of drug-likeness (QED) is 0.433. The summed E-state index contributed by atoms with van der Waals surface area (Å²) in [6.45, 7) is 2.33. The molecule has 0 aromatic heterocycles. The van der Waals surface area contributed by atoms with Crippen LogP contribution in [0.25, 0.3) is 0 Å². The number of carbonyl (C=O) groups is 2. The maximum atomic E-state index is 12.7. The van der Waals surface area contributed by atoms with Gasteiger partial charge >= 0.3 is 11.9 Å². The lowest BCUT2D eigenvalue weighted by molar-refractivity contribution is -0.0556. The van der Waals surface area contributed by atoms with Crippen molar-refractivity contribution in [3.63, 3.8) is 0 Å². The molecule has 0 amide bonds. The van der Waals surface area contributed by atoms with Gasteiger partial charge in [-0.05, 0) is 25.5 Å². The fraction of sp³-hybridized carbons (Fsp3) is 0.222. The summed E-state index contributed by atoms with van der Waals surface area (Å²) in [7, 11) is 0. The number of fused-ring (bicyclic) bond motifs is 3. The van der Waals surface area contributed by atoms with E-state index in [1.54, 1.807) is 0 Å². The van der Waals surface area contributed by atoms with E-state index in [0.717, 1.165) is 0 Å². The second kappa shape index (κ2) is 5.60. The van der Waals surface area contributed by atoms with Gasteiger partial charge in [0.25, 0.3) is 0 Å². The standard InChI is InChI=1S/C18H14O9/c1-5-3-8(20)7(4-19)14-9(5)16(22)26-13-6(2)10-11(12(21)15(13)25-14)18(24)27-17(10)23/h3,18-21,24H,4H2,1-2H3. The molecular formula is C18H14O9. The monoisotopic (exact) mass is 374 g/mol. The normalized spacial score (nSPS) is 17.3. The first-order valence-corrected chi connectivity index (χ1v) is 7.91.